The molecular weight excluding hydrogens is 262 g/mol. The average Bonchev–Trinajstić information content (AvgIpc) is 2.55. The van der Waals surface area contributed by atoms with Crippen molar-refractivity contribution in [2.24, 2.45) is 5.92 Å². The fourth-order valence-corrected chi connectivity index (χ4v) is 3.73. The molecule has 1 aliphatic heterocycles. The van der Waals surface area contributed by atoms with Gasteiger partial charge in [0.1, 0.15) is 0 Å². The van der Waals surface area contributed by atoms with Crippen molar-refractivity contribution in [3.63, 3.8) is 0 Å². The molecule has 1 atom stereocenters. The van der Waals surface area contributed by atoms with Crippen LogP contribution in [0.4, 0.5) is 0 Å². The number of carbonyl (C=O) groups is 1. The van der Waals surface area contributed by atoms with E-state index in [0.29, 0.717) is 24.4 Å². The van der Waals surface area contributed by atoms with Gasteiger partial charge in [0.25, 0.3) is 0 Å². The maximum Gasteiger partial charge on any atom is 0.236 e. The highest BCUT2D eigenvalue weighted by Gasteiger charge is 2.24. The molecule has 1 aliphatic carbocycles. The van der Waals surface area contributed by atoms with Gasteiger partial charge in [-0.2, -0.15) is 0 Å². The zero-order valence-electron chi connectivity index (χ0n) is 13.9. The molecule has 2 rings (SSSR count). The molecule has 1 saturated heterocycles. The molecule has 122 valence electrons. The van der Waals surface area contributed by atoms with Gasteiger partial charge in [0.15, 0.2) is 0 Å². The van der Waals surface area contributed by atoms with Crippen LogP contribution in [0.5, 0.6) is 0 Å². The molecule has 1 heterocycles. The van der Waals surface area contributed by atoms with E-state index in [0.717, 1.165) is 26.2 Å². The summed E-state index contributed by atoms with van der Waals surface area (Å²) in [6.07, 6.45) is 8.88. The smallest absolute Gasteiger partial charge is 0.236 e. The molecule has 2 fully saturated rings. The highest BCUT2D eigenvalue weighted by molar-refractivity contribution is 5.78. The van der Waals surface area contributed by atoms with Gasteiger partial charge in [-0.25, -0.2) is 0 Å². The number of likely N-dealkylation sites (N-methyl/N-ethyl adjacent to an activating group) is 2. The van der Waals surface area contributed by atoms with Gasteiger partial charge in [-0.05, 0) is 51.2 Å². The standard InChI is InChI=1S/C17H33N3O/c1-3-20(13-15-8-7-11-18-12-15)14-17(21)19(2)16-9-5-4-6-10-16/h15-16,18H,3-14H2,1-2H3. The molecule has 1 saturated carbocycles. The molecule has 1 N–H and O–H groups in total. The summed E-state index contributed by atoms with van der Waals surface area (Å²) < 4.78 is 0. The summed E-state index contributed by atoms with van der Waals surface area (Å²) in [6.45, 7) is 7.08. The second-order valence-electron chi connectivity index (χ2n) is 6.84. The van der Waals surface area contributed by atoms with E-state index in [9.17, 15) is 4.79 Å². The zero-order chi connectivity index (χ0) is 15.1. The van der Waals surface area contributed by atoms with Crippen molar-refractivity contribution in [3.05, 3.63) is 0 Å². The lowest BCUT2D eigenvalue weighted by atomic mass is 9.94. The Morgan fingerprint density at radius 3 is 2.52 bits per heavy atom. The van der Waals surface area contributed by atoms with Crippen LogP contribution in [0.15, 0.2) is 0 Å². The van der Waals surface area contributed by atoms with Crippen LogP contribution >= 0.6 is 0 Å². The fourth-order valence-electron chi connectivity index (χ4n) is 3.73. The number of hydrogen-bond acceptors (Lipinski definition) is 3. The molecule has 0 aromatic carbocycles. The highest BCUT2D eigenvalue weighted by atomic mass is 16.2. The molecule has 0 spiro atoms. The Hall–Kier alpha value is -0.610. The summed E-state index contributed by atoms with van der Waals surface area (Å²) in [6, 6.07) is 0.487. The van der Waals surface area contributed by atoms with E-state index in [1.165, 1.54) is 44.9 Å². The Morgan fingerprint density at radius 2 is 1.90 bits per heavy atom. The van der Waals surface area contributed by atoms with Crippen LogP contribution in [0.1, 0.15) is 51.9 Å². The van der Waals surface area contributed by atoms with E-state index in [1.807, 2.05) is 11.9 Å². The number of nitrogens with one attached hydrogen (secondary N) is 1. The van der Waals surface area contributed by atoms with Crippen LogP contribution in [0.2, 0.25) is 0 Å². The topological polar surface area (TPSA) is 35.6 Å². The minimum Gasteiger partial charge on any atom is -0.342 e. The van der Waals surface area contributed by atoms with Crippen molar-refractivity contribution in [3.8, 4) is 0 Å². The summed E-state index contributed by atoms with van der Waals surface area (Å²) in [5.74, 6) is 1.03. The molecule has 0 bridgehead atoms. The second-order valence-corrected chi connectivity index (χ2v) is 6.84. The quantitative estimate of drug-likeness (QED) is 0.815. The van der Waals surface area contributed by atoms with Crippen molar-refractivity contribution >= 4 is 5.91 Å². The normalized spacial score (nSPS) is 24.2. The predicted octanol–water partition coefficient (Wildman–Crippen LogP) is 2.10. The predicted molar refractivity (Wildman–Crippen MR) is 87.4 cm³/mol. The Kier molecular flexibility index (Phi) is 6.97. The minimum absolute atomic E-state index is 0.313. The van der Waals surface area contributed by atoms with Gasteiger partial charge in [0, 0.05) is 19.6 Å². The van der Waals surface area contributed by atoms with E-state index in [4.69, 9.17) is 0 Å². The summed E-state index contributed by atoms with van der Waals surface area (Å²) in [5.41, 5.74) is 0. The van der Waals surface area contributed by atoms with Crippen molar-refractivity contribution in [2.75, 3.05) is 39.8 Å². The first kappa shape index (κ1) is 16.8. The van der Waals surface area contributed by atoms with E-state index in [-0.39, 0.29) is 0 Å². The number of amides is 1. The minimum atomic E-state index is 0.313. The van der Waals surface area contributed by atoms with E-state index >= 15 is 0 Å². The molecule has 4 heteroatoms. The van der Waals surface area contributed by atoms with Gasteiger partial charge in [-0.1, -0.05) is 26.2 Å². The molecule has 0 aromatic heterocycles. The molecule has 0 radical (unpaired) electrons. The van der Waals surface area contributed by atoms with Gasteiger partial charge in [-0.3, -0.25) is 9.69 Å². The summed E-state index contributed by atoms with van der Waals surface area (Å²) >= 11 is 0. The lowest BCUT2D eigenvalue weighted by Gasteiger charge is -2.34. The van der Waals surface area contributed by atoms with Crippen LogP contribution in [-0.4, -0.2) is 61.5 Å². The molecular formula is C17H33N3O. The molecule has 1 unspecified atom stereocenters. The third kappa shape index (κ3) is 5.26. The first-order valence-electron chi connectivity index (χ1n) is 8.89. The number of hydrogen-bond donors (Lipinski definition) is 1. The van der Waals surface area contributed by atoms with Crippen molar-refractivity contribution in [1.82, 2.24) is 15.1 Å². The summed E-state index contributed by atoms with van der Waals surface area (Å²) in [7, 11) is 2.01. The van der Waals surface area contributed by atoms with Crippen molar-refractivity contribution in [2.45, 2.75) is 57.9 Å². The summed E-state index contributed by atoms with van der Waals surface area (Å²) in [5, 5.41) is 3.47. The van der Waals surface area contributed by atoms with Gasteiger partial charge in [-0.15, -0.1) is 0 Å². The molecule has 4 nitrogen and oxygen atoms in total. The van der Waals surface area contributed by atoms with Gasteiger partial charge >= 0.3 is 0 Å². The summed E-state index contributed by atoms with van der Waals surface area (Å²) in [4.78, 5) is 16.9. The number of piperidine rings is 1. The average molecular weight is 295 g/mol. The van der Waals surface area contributed by atoms with Crippen molar-refractivity contribution < 1.29 is 4.79 Å². The SMILES string of the molecule is CCN(CC(=O)N(C)C1CCCCC1)CC1CCCNC1. The largest absolute Gasteiger partial charge is 0.342 e. The van der Waals surface area contributed by atoms with Gasteiger partial charge in [0.05, 0.1) is 6.54 Å². The van der Waals surface area contributed by atoms with Crippen LogP contribution in [-0.2, 0) is 4.79 Å². The molecule has 2 aliphatic rings. The maximum atomic E-state index is 12.5. The lowest BCUT2D eigenvalue weighted by Crippen LogP contribution is -2.46. The van der Waals surface area contributed by atoms with Crippen LogP contribution < -0.4 is 5.32 Å². The second kappa shape index (κ2) is 8.74. The fraction of sp³-hybridized carbons (Fsp3) is 0.941. The first-order valence-corrected chi connectivity index (χ1v) is 8.89. The first-order chi connectivity index (χ1) is 10.2. The van der Waals surface area contributed by atoms with E-state index < -0.39 is 0 Å². The Bertz CT molecular complexity index is 309. The van der Waals surface area contributed by atoms with Crippen LogP contribution in [0.25, 0.3) is 0 Å². The molecule has 0 aromatic rings. The number of rotatable bonds is 6. The van der Waals surface area contributed by atoms with Gasteiger partial charge in [0.2, 0.25) is 5.91 Å². The third-order valence-electron chi connectivity index (χ3n) is 5.24. The zero-order valence-corrected chi connectivity index (χ0v) is 13.9. The Balaban J connectivity index is 1.77. The Morgan fingerprint density at radius 1 is 1.14 bits per heavy atom. The maximum absolute atomic E-state index is 12.5. The molecule has 21 heavy (non-hydrogen) atoms. The highest BCUT2D eigenvalue weighted by Crippen LogP contribution is 2.22. The third-order valence-corrected chi connectivity index (χ3v) is 5.24. The van der Waals surface area contributed by atoms with Crippen molar-refractivity contribution in [1.29, 1.82) is 0 Å². The van der Waals surface area contributed by atoms with E-state index in [2.05, 4.69) is 17.1 Å². The van der Waals surface area contributed by atoms with Crippen LogP contribution in [0.3, 0.4) is 0 Å². The molecule has 1 amide bonds. The number of carbonyl (C=O) groups excluding carboxylic acids is 1. The lowest BCUT2D eigenvalue weighted by molar-refractivity contribution is -0.133. The van der Waals surface area contributed by atoms with Gasteiger partial charge < -0.3 is 10.2 Å². The monoisotopic (exact) mass is 295 g/mol. The Labute approximate surface area is 130 Å². The number of nitrogens with zero attached hydrogens (tertiary/aromatic N) is 2. The van der Waals surface area contributed by atoms with Crippen LogP contribution in [0, 0.1) is 5.92 Å². The van der Waals surface area contributed by atoms with E-state index in [1.54, 1.807) is 0 Å².